The second-order valence-electron chi connectivity index (χ2n) is 9.10. The van der Waals surface area contributed by atoms with Gasteiger partial charge in [-0.05, 0) is 43.5 Å². The van der Waals surface area contributed by atoms with Crippen LogP contribution in [0.25, 0.3) is 6.08 Å². The highest BCUT2D eigenvalue weighted by Gasteiger charge is 2.33. The maximum absolute atomic E-state index is 13.3. The van der Waals surface area contributed by atoms with Gasteiger partial charge in [-0.25, -0.2) is 0 Å². The maximum atomic E-state index is 13.3. The lowest BCUT2D eigenvalue weighted by Crippen LogP contribution is -2.31. The number of nitrogens with zero attached hydrogens (tertiary/aromatic N) is 3. The molecule has 0 saturated carbocycles. The van der Waals surface area contributed by atoms with E-state index in [0.29, 0.717) is 9.23 Å². The third-order valence-corrected chi connectivity index (χ3v) is 7.73. The number of rotatable bonds is 7. The number of thioether (sulfide) groups is 1. The van der Waals surface area contributed by atoms with Crippen LogP contribution in [0.1, 0.15) is 50.2 Å². The molecule has 1 aliphatic rings. The van der Waals surface area contributed by atoms with E-state index in [2.05, 4.69) is 0 Å². The van der Waals surface area contributed by atoms with Gasteiger partial charge in [0.1, 0.15) is 16.0 Å². The number of aromatic hydroxyl groups is 1. The Morgan fingerprint density at radius 1 is 1.05 bits per heavy atom. The van der Waals surface area contributed by atoms with E-state index in [9.17, 15) is 24.8 Å². The van der Waals surface area contributed by atoms with E-state index in [1.54, 1.807) is 6.08 Å². The number of nitriles is 1. The Morgan fingerprint density at radius 2 is 1.66 bits per heavy atom. The highest BCUT2D eigenvalue weighted by molar-refractivity contribution is 8.26. The van der Waals surface area contributed by atoms with E-state index >= 15 is 0 Å². The lowest BCUT2D eigenvalue weighted by atomic mass is 9.99. The van der Waals surface area contributed by atoms with Crippen LogP contribution >= 0.6 is 24.0 Å². The fraction of sp³-hybridized carbons (Fsp3) is 0.207. The average Bonchev–Trinajstić information content (AvgIpc) is 3.15. The van der Waals surface area contributed by atoms with Crippen LogP contribution in [0.15, 0.2) is 58.2 Å². The van der Waals surface area contributed by atoms with Gasteiger partial charge in [0.15, 0.2) is 5.78 Å². The van der Waals surface area contributed by atoms with E-state index in [4.69, 9.17) is 12.2 Å². The number of ketones is 1. The Kier molecular flexibility index (Phi) is 7.95. The van der Waals surface area contributed by atoms with Crippen molar-refractivity contribution in [1.82, 2.24) is 9.47 Å². The highest BCUT2D eigenvalue weighted by atomic mass is 32.2. The van der Waals surface area contributed by atoms with Crippen molar-refractivity contribution < 1.29 is 14.7 Å². The van der Waals surface area contributed by atoms with Crippen LogP contribution in [0.3, 0.4) is 0 Å². The monoisotopic (exact) mass is 543 g/mol. The molecule has 3 aromatic rings. The maximum Gasteiger partial charge on any atom is 0.271 e. The fourth-order valence-corrected chi connectivity index (χ4v) is 5.46. The fourth-order valence-electron chi connectivity index (χ4n) is 4.15. The molecule has 1 N–H and O–H groups in total. The minimum absolute atomic E-state index is 0.00130. The summed E-state index contributed by atoms with van der Waals surface area (Å²) in [5.74, 6) is -1.29. The molecule has 0 unspecified atom stereocenters. The number of pyridine rings is 1. The molecule has 4 rings (SSSR count). The normalized spacial score (nSPS) is 14.3. The first-order chi connectivity index (χ1) is 18.1. The molecule has 0 atom stereocenters. The van der Waals surface area contributed by atoms with Gasteiger partial charge < -0.3 is 5.11 Å². The Hall–Kier alpha value is -4.00. The molecular weight excluding hydrogens is 518 g/mol. The smallest absolute Gasteiger partial charge is 0.271 e. The molecule has 2 heterocycles. The lowest BCUT2D eigenvalue weighted by Gasteiger charge is -2.17. The zero-order chi connectivity index (χ0) is 27.6. The van der Waals surface area contributed by atoms with Crippen LogP contribution in [-0.4, -0.2) is 37.1 Å². The van der Waals surface area contributed by atoms with Crippen LogP contribution in [0.4, 0.5) is 0 Å². The quantitative estimate of drug-likeness (QED) is 0.258. The van der Waals surface area contributed by atoms with Gasteiger partial charge >= 0.3 is 0 Å². The number of carbonyl (C=O) groups is 2. The number of benzene rings is 2. The number of amides is 1. The Morgan fingerprint density at radius 3 is 2.26 bits per heavy atom. The number of carbonyl (C=O) groups excluding carboxylic acids is 2. The SMILES string of the molecule is Cc1ccc(/C=C2\SC(=S)N(CCC(=O)c3c(C)c(C#N)c(=O)n(Cc4ccc(C)cc4)c3O)C2=O)cc1. The third-order valence-electron chi connectivity index (χ3n) is 6.35. The Labute approximate surface area is 230 Å². The van der Waals surface area contributed by atoms with Crippen LogP contribution < -0.4 is 5.56 Å². The molecule has 0 aliphatic carbocycles. The molecule has 9 heteroatoms. The Bertz CT molecular complexity index is 1580. The van der Waals surface area contributed by atoms with Gasteiger partial charge in [-0.15, -0.1) is 0 Å². The third kappa shape index (κ3) is 5.47. The van der Waals surface area contributed by atoms with Crippen molar-refractivity contribution in [3.63, 3.8) is 0 Å². The number of hydrogen-bond acceptors (Lipinski definition) is 7. The van der Waals surface area contributed by atoms with E-state index in [-0.39, 0.29) is 42.1 Å². The molecule has 7 nitrogen and oxygen atoms in total. The summed E-state index contributed by atoms with van der Waals surface area (Å²) in [5.41, 5.74) is 2.88. The highest BCUT2D eigenvalue weighted by Crippen LogP contribution is 2.33. The second kappa shape index (κ2) is 11.2. The Balaban J connectivity index is 1.58. The first-order valence-corrected chi connectivity index (χ1v) is 13.1. The molecule has 0 spiro atoms. The predicted octanol–water partition coefficient (Wildman–Crippen LogP) is 4.87. The molecule has 1 saturated heterocycles. The van der Waals surface area contributed by atoms with E-state index in [0.717, 1.165) is 26.8 Å². The average molecular weight is 544 g/mol. The van der Waals surface area contributed by atoms with Crippen molar-refractivity contribution in [1.29, 1.82) is 5.26 Å². The van der Waals surface area contributed by atoms with Crippen LogP contribution in [0, 0.1) is 32.1 Å². The van der Waals surface area contributed by atoms with E-state index < -0.39 is 17.2 Å². The van der Waals surface area contributed by atoms with Crippen molar-refractivity contribution in [2.75, 3.05) is 6.54 Å². The molecule has 0 radical (unpaired) electrons. The zero-order valence-electron chi connectivity index (χ0n) is 21.1. The number of Topliss-reactive ketones (excluding diaryl/α,β-unsaturated/α-hetero) is 1. The van der Waals surface area contributed by atoms with Crippen LogP contribution in [0.5, 0.6) is 5.88 Å². The number of aryl methyl sites for hydroxylation is 2. The van der Waals surface area contributed by atoms with Crippen LogP contribution in [-0.2, 0) is 11.3 Å². The van der Waals surface area contributed by atoms with Gasteiger partial charge in [0.05, 0.1) is 17.0 Å². The molecular formula is C29H25N3O4S2. The molecule has 192 valence electrons. The number of aromatic nitrogens is 1. The molecule has 1 aromatic heterocycles. The summed E-state index contributed by atoms with van der Waals surface area (Å²) in [6, 6.07) is 17.0. The summed E-state index contributed by atoms with van der Waals surface area (Å²) in [4.78, 5) is 41.1. The molecule has 38 heavy (non-hydrogen) atoms. The number of hydrogen-bond donors (Lipinski definition) is 1. The van der Waals surface area contributed by atoms with Gasteiger partial charge in [-0.1, -0.05) is 83.6 Å². The molecule has 1 fully saturated rings. The molecule has 2 aromatic carbocycles. The topological polar surface area (TPSA) is 103 Å². The van der Waals surface area contributed by atoms with Crippen molar-refractivity contribution in [2.45, 2.75) is 33.7 Å². The van der Waals surface area contributed by atoms with E-state index in [1.807, 2.05) is 68.4 Å². The van der Waals surface area contributed by atoms with Gasteiger partial charge in [-0.3, -0.25) is 23.9 Å². The summed E-state index contributed by atoms with van der Waals surface area (Å²) >= 11 is 6.56. The summed E-state index contributed by atoms with van der Waals surface area (Å²) < 4.78 is 1.37. The summed E-state index contributed by atoms with van der Waals surface area (Å²) in [6.07, 6.45) is 1.61. The molecule has 1 aliphatic heterocycles. The van der Waals surface area contributed by atoms with Crippen molar-refractivity contribution in [3.05, 3.63) is 103 Å². The lowest BCUT2D eigenvalue weighted by molar-refractivity contribution is -0.122. The van der Waals surface area contributed by atoms with Gasteiger partial charge in [0, 0.05) is 13.0 Å². The minimum atomic E-state index is -0.669. The predicted molar refractivity (Wildman–Crippen MR) is 152 cm³/mol. The van der Waals surface area contributed by atoms with E-state index in [1.165, 1.54) is 23.6 Å². The van der Waals surface area contributed by atoms with Gasteiger partial charge in [-0.2, -0.15) is 5.26 Å². The van der Waals surface area contributed by atoms with Gasteiger partial charge in [0.25, 0.3) is 11.5 Å². The molecule has 0 bridgehead atoms. The van der Waals surface area contributed by atoms with Crippen molar-refractivity contribution in [3.8, 4) is 11.9 Å². The standard InChI is InChI=1S/C29H25N3O4S2/c1-17-4-8-20(9-5-17)14-24-27(35)31(29(37)38-24)13-12-23(33)25-19(3)22(15-30)26(34)32(28(25)36)16-21-10-6-18(2)7-11-21/h4-11,14,36H,12-13,16H2,1-3H3/b24-14-. The second-order valence-corrected chi connectivity index (χ2v) is 10.8. The summed E-state index contributed by atoms with van der Waals surface area (Å²) in [7, 11) is 0. The van der Waals surface area contributed by atoms with Crippen molar-refractivity contribution in [2.24, 2.45) is 0 Å². The zero-order valence-corrected chi connectivity index (χ0v) is 22.8. The van der Waals surface area contributed by atoms with Gasteiger partial charge in [0.2, 0.25) is 5.88 Å². The van der Waals surface area contributed by atoms with Crippen molar-refractivity contribution >= 4 is 46.1 Å². The largest absolute Gasteiger partial charge is 0.494 e. The first-order valence-electron chi connectivity index (χ1n) is 11.9. The summed E-state index contributed by atoms with van der Waals surface area (Å²) in [6.45, 7) is 5.38. The first kappa shape index (κ1) is 27.0. The molecule has 1 amide bonds. The summed E-state index contributed by atoms with van der Waals surface area (Å²) in [5, 5.41) is 20.6. The van der Waals surface area contributed by atoms with Crippen LogP contribution in [0.2, 0.25) is 0 Å². The minimum Gasteiger partial charge on any atom is -0.494 e. The number of thiocarbonyl (C=S) groups is 1.